The Bertz CT molecular complexity index is 716. The molecule has 4 rings (SSSR count). The van der Waals surface area contributed by atoms with Crippen molar-refractivity contribution in [2.24, 2.45) is 23.2 Å². The van der Waals surface area contributed by atoms with Crippen molar-refractivity contribution in [3.8, 4) is 11.5 Å². The van der Waals surface area contributed by atoms with Gasteiger partial charge in [-0.2, -0.15) is 0 Å². The van der Waals surface area contributed by atoms with Crippen molar-refractivity contribution < 1.29 is 19.6 Å². The summed E-state index contributed by atoms with van der Waals surface area (Å²) < 4.78 is 10.8. The smallest absolute Gasteiger partial charge is 0.373 e. The fraction of sp³-hybridized carbons (Fsp3) is 0.571. The maximum absolute atomic E-state index is 10.7. The molecule has 2 saturated carbocycles. The number of rotatable bonds is 5. The summed E-state index contributed by atoms with van der Waals surface area (Å²) in [7, 11) is 3.21. The highest BCUT2D eigenvalue weighted by Gasteiger charge is 2.49. The van der Waals surface area contributed by atoms with E-state index < -0.39 is 0 Å². The van der Waals surface area contributed by atoms with Crippen molar-refractivity contribution in [1.29, 1.82) is 0 Å². The molecule has 4 unspecified atom stereocenters. The van der Waals surface area contributed by atoms with Crippen LogP contribution in [-0.2, 0) is 0 Å². The molecule has 3 aliphatic rings. The maximum atomic E-state index is 10.7. The van der Waals surface area contributed by atoms with E-state index in [0.29, 0.717) is 17.1 Å². The van der Waals surface area contributed by atoms with Crippen LogP contribution in [0, 0.1) is 23.2 Å². The Labute approximate surface area is 149 Å². The summed E-state index contributed by atoms with van der Waals surface area (Å²) in [5.74, 6) is 3.99. The van der Waals surface area contributed by atoms with Gasteiger partial charge in [0.15, 0.2) is 12.1 Å². The van der Waals surface area contributed by atoms with E-state index in [-0.39, 0.29) is 11.3 Å². The molecule has 0 radical (unpaired) electrons. The molecule has 3 aliphatic carbocycles. The Kier molecular flexibility index (Phi) is 4.01. The largest absolute Gasteiger partial charge is 0.496 e. The van der Waals surface area contributed by atoms with E-state index in [2.05, 4.69) is 18.0 Å². The lowest BCUT2D eigenvalue weighted by molar-refractivity contribution is -0.481. The van der Waals surface area contributed by atoms with Crippen LogP contribution in [-0.4, -0.2) is 31.8 Å². The number of nitrogens with one attached hydrogen (secondary N) is 1. The van der Waals surface area contributed by atoms with Crippen LogP contribution in [0.25, 0.3) is 0 Å². The first-order chi connectivity index (χ1) is 12.0. The number of hydrogen-bond acceptors (Lipinski definition) is 2. The van der Waals surface area contributed by atoms with Crippen LogP contribution in [0.4, 0.5) is 0 Å². The highest BCUT2D eigenvalue weighted by Crippen LogP contribution is 2.58. The summed E-state index contributed by atoms with van der Waals surface area (Å²) in [6, 6.07) is 5.52. The fourth-order valence-corrected chi connectivity index (χ4v) is 5.29. The van der Waals surface area contributed by atoms with Crippen LogP contribution in [0.2, 0.25) is 0 Å². The van der Waals surface area contributed by atoms with Gasteiger partial charge in [0.05, 0.1) is 14.2 Å². The van der Waals surface area contributed by atoms with Crippen LogP contribution >= 0.6 is 0 Å². The molecule has 2 fully saturated rings. The van der Waals surface area contributed by atoms with Crippen LogP contribution in [0.5, 0.6) is 11.5 Å². The molecular formula is C21H28NO3+. The SMILES string of the molecule is COc1cccc(OC)c1C(O)=[NH+]CC1(C)C=C2CC3CC(CC23)C1. The van der Waals surface area contributed by atoms with Gasteiger partial charge in [-0.05, 0) is 55.6 Å². The van der Waals surface area contributed by atoms with Crippen LogP contribution < -0.4 is 14.5 Å². The molecule has 134 valence electrons. The van der Waals surface area contributed by atoms with Gasteiger partial charge >= 0.3 is 5.90 Å². The van der Waals surface area contributed by atoms with Crippen molar-refractivity contribution in [3.05, 3.63) is 35.4 Å². The third-order valence-corrected chi connectivity index (χ3v) is 6.38. The number of aliphatic hydroxyl groups excluding tert-OH is 1. The molecule has 25 heavy (non-hydrogen) atoms. The fourth-order valence-electron chi connectivity index (χ4n) is 5.29. The van der Waals surface area contributed by atoms with Gasteiger partial charge in [0.2, 0.25) is 0 Å². The predicted molar refractivity (Wildman–Crippen MR) is 97.2 cm³/mol. The molecule has 0 aromatic heterocycles. The minimum Gasteiger partial charge on any atom is -0.496 e. The Hall–Kier alpha value is -1.97. The molecule has 0 heterocycles. The first kappa shape index (κ1) is 16.5. The monoisotopic (exact) mass is 342 g/mol. The van der Waals surface area contributed by atoms with Gasteiger partial charge in [0.1, 0.15) is 11.5 Å². The average molecular weight is 342 g/mol. The zero-order chi connectivity index (χ0) is 17.6. The minimum absolute atomic E-state index is 0.0867. The molecule has 4 nitrogen and oxygen atoms in total. The molecule has 0 amide bonds. The molecular weight excluding hydrogens is 314 g/mol. The average Bonchev–Trinajstić information content (AvgIpc) is 2.86. The van der Waals surface area contributed by atoms with Crippen molar-refractivity contribution in [2.75, 3.05) is 20.8 Å². The second-order valence-corrected chi connectivity index (χ2v) is 8.23. The normalized spacial score (nSPS) is 33.3. The molecule has 0 aliphatic heterocycles. The number of fused-ring (bicyclic) bond motifs is 1. The molecule has 2 N–H and O–H groups in total. The third kappa shape index (κ3) is 2.82. The summed E-state index contributed by atoms with van der Waals surface area (Å²) in [5.41, 5.74) is 2.33. The maximum Gasteiger partial charge on any atom is 0.373 e. The van der Waals surface area contributed by atoms with E-state index in [4.69, 9.17) is 9.47 Å². The highest BCUT2D eigenvalue weighted by molar-refractivity contribution is 5.94. The van der Waals surface area contributed by atoms with E-state index in [1.165, 1.54) is 25.7 Å². The lowest BCUT2D eigenvalue weighted by Gasteiger charge is -2.37. The molecule has 1 aromatic carbocycles. The first-order valence-electron chi connectivity index (χ1n) is 9.26. The summed E-state index contributed by atoms with van der Waals surface area (Å²) in [6.45, 7) is 3.03. The van der Waals surface area contributed by atoms with Gasteiger partial charge in [-0.1, -0.05) is 24.6 Å². The first-order valence-corrected chi connectivity index (χ1v) is 9.26. The second-order valence-electron chi connectivity index (χ2n) is 8.23. The molecule has 1 aromatic rings. The van der Waals surface area contributed by atoms with Crippen molar-refractivity contribution >= 4 is 5.90 Å². The zero-order valence-corrected chi connectivity index (χ0v) is 15.3. The second kappa shape index (κ2) is 6.08. The summed E-state index contributed by atoms with van der Waals surface area (Å²) in [5, 5.41) is 10.7. The van der Waals surface area contributed by atoms with Gasteiger partial charge in [0, 0.05) is 5.41 Å². The Morgan fingerprint density at radius 1 is 1.24 bits per heavy atom. The summed E-state index contributed by atoms with van der Waals surface area (Å²) in [4.78, 5) is 3.25. The van der Waals surface area contributed by atoms with E-state index in [1.54, 1.807) is 19.8 Å². The third-order valence-electron chi connectivity index (χ3n) is 6.38. The van der Waals surface area contributed by atoms with Gasteiger partial charge in [-0.3, -0.25) is 0 Å². The van der Waals surface area contributed by atoms with E-state index >= 15 is 0 Å². The molecule has 2 bridgehead atoms. The van der Waals surface area contributed by atoms with E-state index in [9.17, 15) is 5.11 Å². The topological polar surface area (TPSA) is 52.7 Å². The number of hydrogen-bond donors (Lipinski definition) is 2. The Balaban J connectivity index is 1.60. The standard InChI is InChI=1S/C21H27NO3/c1-21(10-13-7-14-9-15(11-21)16(14)8-13)12-22-20(23)19-17(24-2)5-4-6-18(19)25-3/h4-6,11,13-14,16H,7-10,12H2,1-3H3,(H,22,23)/p+1. The lowest BCUT2D eigenvalue weighted by atomic mass is 9.67. The van der Waals surface area contributed by atoms with E-state index in [0.717, 1.165) is 24.3 Å². The van der Waals surface area contributed by atoms with Gasteiger partial charge in [-0.25, -0.2) is 4.99 Å². The summed E-state index contributed by atoms with van der Waals surface area (Å²) >= 11 is 0. The van der Waals surface area contributed by atoms with Crippen molar-refractivity contribution in [3.63, 3.8) is 0 Å². The molecule has 4 heteroatoms. The van der Waals surface area contributed by atoms with E-state index in [1.807, 2.05) is 18.2 Å². The van der Waals surface area contributed by atoms with Crippen molar-refractivity contribution in [1.82, 2.24) is 0 Å². The quantitative estimate of drug-likeness (QED) is 0.491. The predicted octanol–water partition coefficient (Wildman–Crippen LogP) is 2.47. The summed E-state index contributed by atoms with van der Waals surface area (Å²) in [6.07, 6.45) is 7.77. The lowest BCUT2D eigenvalue weighted by Crippen LogP contribution is -2.76. The number of allylic oxidation sites excluding steroid dienone is 1. The number of ether oxygens (including phenoxy) is 2. The zero-order valence-electron chi connectivity index (χ0n) is 15.3. The minimum atomic E-state index is 0.0867. The molecule has 0 spiro atoms. The van der Waals surface area contributed by atoms with Gasteiger partial charge in [0.25, 0.3) is 0 Å². The van der Waals surface area contributed by atoms with Crippen LogP contribution in [0.3, 0.4) is 0 Å². The van der Waals surface area contributed by atoms with Crippen LogP contribution in [0.1, 0.15) is 38.2 Å². The highest BCUT2D eigenvalue weighted by atomic mass is 16.5. The molecule has 0 saturated heterocycles. The Morgan fingerprint density at radius 2 is 1.96 bits per heavy atom. The molecule has 4 atom stereocenters. The van der Waals surface area contributed by atoms with Gasteiger partial charge in [-0.15, -0.1) is 0 Å². The van der Waals surface area contributed by atoms with Gasteiger partial charge < -0.3 is 14.6 Å². The number of benzene rings is 1. The van der Waals surface area contributed by atoms with Crippen LogP contribution in [0.15, 0.2) is 29.8 Å². The van der Waals surface area contributed by atoms with Crippen molar-refractivity contribution in [2.45, 2.75) is 32.6 Å². The number of aliphatic hydroxyl groups is 1. The Morgan fingerprint density at radius 3 is 2.64 bits per heavy atom. The number of methoxy groups -OCH3 is 2.